The molecule has 0 aromatic carbocycles. The molecule has 0 bridgehead atoms. The van der Waals surface area contributed by atoms with Gasteiger partial charge in [-0.3, -0.25) is 4.79 Å². The second-order valence-corrected chi connectivity index (χ2v) is 2.04. The van der Waals surface area contributed by atoms with Gasteiger partial charge in [0.1, 0.15) is 0 Å². The van der Waals surface area contributed by atoms with Crippen LogP contribution in [0.2, 0.25) is 0 Å². The Morgan fingerprint density at radius 1 is 1.89 bits per heavy atom. The van der Waals surface area contributed by atoms with E-state index in [1.807, 2.05) is 0 Å². The maximum Gasteiger partial charge on any atom is 0.254 e. The molecule has 0 radical (unpaired) electrons. The Balaban J connectivity index is 3.85. The summed E-state index contributed by atoms with van der Waals surface area (Å²) in [5, 5.41) is 8.20. The highest BCUT2D eigenvalue weighted by Crippen LogP contribution is 2.12. The van der Waals surface area contributed by atoms with Gasteiger partial charge in [0, 0.05) is 13.0 Å². The molecular formula is C5H10FNO2. The number of aliphatic hydroxyl groups excluding tert-OH is 1. The van der Waals surface area contributed by atoms with Crippen molar-refractivity contribution >= 4 is 5.91 Å². The standard InChI is InChI=1S/C5H10FNO2/c1-5(6,2-3-8)4(7)9/h8H,2-3H2,1H3,(H2,7,9). The summed E-state index contributed by atoms with van der Waals surface area (Å²) in [4.78, 5) is 10.1. The molecule has 0 aromatic heterocycles. The van der Waals surface area contributed by atoms with Crippen LogP contribution in [0.25, 0.3) is 0 Å². The Hall–Kier alpha value is -0.640. The summed E-state index contributed by atoms with van der Waals surface area (Å²) in [6, 6.07) is 0. The number of hydrogen-bond acceptors (Lipinski definition) is 2. The number of carbonyl (C=O) groups excluding carboxylic acids is 1. The van der Waals surface area contributed by atoms with Crippen molar-refractivity contribution in [2.24, 2.45) is 5.73 Å². The Bertz CT molecular complexity index is 114. The van der Waals surface area contributed by atoms with Crippen molar-refractivity contribution in [3.8, 4) is 0 Å². The lowest BCUT2D eigenvalue weighted by molar-refractivity contribution is -0.129. The van der Waals surface area contributed by atoms with Crippen LogP contribution in [-0.2, 0) is 4.79 Å². The molecule has 0 aliphatic carbocycles. The van der Waals surface area contributed by atoms with Gasteiger partial charge in [-0.25, -0.2) is 4.39 Å². The quantitative estimate of drug-likeness (QED) is 0.552. The molecule has 3 N–H and O–H groups in total. The molecule has 0 saturated heterocycles. The average Bonchev–Trinajstić information content (AvgIpc) is 1.65. The number of amides is 1. The summed E-state index contributed by atoms with van der Waals surface area (Å²) in [5.74, 6) is -1.03. The third kappa shape index (κ3) is 2.41. The summed E-state index contributed by atoms with van der Waals surface area (Å²) < 4.78 is 12.6. The fraction of sp³-hybridized carbons (Fsp3) is 0.800. The zero-order valence-electron chi connectivity index (χ0n) is 5.22. The highest BCUT2D eigenvalue weighted by Gasteiger charge is 2.29. The summed E-state index contributed by atoms with van der Waals surface area (Å²) in [5.41, 5.74) is 2.57. The van der Waals surface area contributed by atoms with Crippen molar-refractivity contribution in [3.63, 3.8) is 0 Å². The van der Waals surface area contributed by atoms with Gasteiger partial charge in [-0.2, -0.15) is 0 Å². The van der Waals surface area contributed by atoms with Crippen molar-refractivity contribution in [2.45, 2.75) is 19.0 Å². The topological polar surface area (TPSA) is 63.3 Å². The molecule has 4 heteroatoms. The first-order valence-electron chi connectivity index (χ1n) is 2.60. The van der Waals surface area contributed by atoms with E-state index in [-0.39, 0.29) is 13.0 Å². The molecule has 0 aliphatic heterocycles. The maximum absolute atomic E-state index is 12.6. The monoisotopic (exact) mass is 135 g/mol. The molecule has 1 atom stereocenters. The van der Waals surface area contributed by atoms with Gasteiger partial charge in [-0.05, 0) is 6.92 Å². The lowest BCUT2D eigenvalue weighted by atomic mass is 10.1. The summed E-state index contributed by atoms with van der Waals surface area (Å²) >= 11 is 0. The zero-order chi connectivity index (χ0) is 7.49. The van der Waals surface area contributed by atoms with Gasteiger partial charge in [0.05, 0.1) is 0 Å². The van der Waals surface area contributed by atoms with Crippen molar-refractivity contribution in [3.05, 3.63) is 0 Å². The number of aliphatic hydroxyl groups is 1. The van der Waals surface area contributed by atoms with Crippen LogP contribution >= 0.6 is 0 Å². The predicted molar refractivity (Wildman–Crippen MR) is 30.4 cm³/mol. The van der Waals surface area contributed by atoms with Crippen molar-refractivity contribution < 1.29 is 14.3 Å². The van der Waals surface area contributed by atoms with E-state index in [0.717, 1.165) is 6.92 Å². The van der Waals surface area contributed by atoms with Gasteiger partial charge in [0.25, 0.3) is 5.91 Å². The van der Waals surface area contributed by atoms with Crippen LogP contribution in [0, 0.1) is 0 Å². The number of halogens is 1. The Labute approximate surface area is 52.7 Å². The van der Waals surface area contributed by atoms with Gasteiger partial charge in [0.2, 0.25) is 0 Å². The summed E-state index contributed by atoms with van der Waals surface area (Å²) in [6.45, 7) is 0.682. The number of primary amides is 1. The van der Waals surface area contributed by atoms with Crippen molar-refractivity contribution in [2.75, 3.05) is 6.61 Å². The minimum atomic E-state index is -2.06. The molecule has 54 valence electrons. The predicted octanol–water partition coefficient (Wildman–Crippen LogP) is -0.418. The van der Waals surface area contributed by atoms with Crippen LogP contribution < -0.4 is 5.73 Å². The summed E-state index contributed by atoms with van der Waals surface area (Å²) in [7, 11) is 0. The van der Waals surface area contributed by atoms with Crippen molar-refractivity contribution in [1.29, 1.82) is 0 Å². The van der Waals surface area contributed by atoms with E-state index in [4.69, 9.17) is 5.11 Å². The molecule has 0 heterocycles. The van der Waals surface area contributed by atoms with Gasteiger partial charge in [0.15, 0.2) is 5.67 Å². The molecule has 1 amide bonds. The highest BCUT2D eigenvalue weighted by atomic mass is 19.1. The van der Waals surface area contributed by atoms with E-state index in [1.165, 1.54) is 0 Å². The largest absolute Gasteiger partial charge is 0.396 e. The van der Waals surface area contributed by atoms with E-state index in [0.29, 0.717) is 0 Å². The van der Waals surface area contributed by atoms with Crippen molar-refractivity contribution in [1.82, 2.24) is 0 Å². The maximum atomic E-state index is 12.6. The minimum Gasteiger partial charge on any atom is -0.396 e. The third-order valence-corrected chi connectivity index (χ3v) is 1.10. The second kappa shape index (κ2) is 2.77. The van der Waals surface area contributed by atoms with E-state index < -0.39 is 11.6 Å². The van der Waals surface area contributed by atoms with E-state index in [9.17, 15) is 9.18 Å². The first-order valence-corrected chi connectivity index (χ1v) is 2.60. The molecular weight excluding hydrogens is 125 g/mol. The fourth-order valence-electron chi connectivity index (χ4n) is 0.333. The fourth-order valence-corrected chi connectivity index (χ4v) is 0.333. The van der Waals surface area contributed by atoms with Crippen LogP contribution in [0.3, 0.4) is 0 Å². The molecule has 0 aliphatic rings. The Morgan fingerprint density at radius 2 is 2.33 bits per heavy atom. The molecule has 3 nitrogen and oxygen atoms in total. The molecule has 0 fully saturated rings. The van der Waals surface area contributed by atoms with Crippen LogP contribution in [0.1, 0.15) is 13.3 Å². The first-order chi connectivity index (χ1) is 4.00. The molecule has 0 rings (SSSR count). The van der Waals surface area contributed by atoms with Crippen LogP contribution in [0.4, 0.5) is 4.39 Å². The smallest absolute Gasteiger partial charge is 0.254 e. The SMILES string of the molecule is CC(F)(CCO)C(N)=O. The van der Waals surface area contributed by atoms with E-state index >= 15 is 0 Å². The second-order valence-electron chi connectivity index (χ2n) is 2.04. The number of hydrogen-bond donors (Lipinski definition) is 2. The van der Waals surface area contributed by atoms with Crippen LogP contribution in [-0.4, -0.2) is 23.3 Å². The van der Waals surface area contributed by atoms with E-state index in [2.05, 4.69) is 5.73 Å². The van der Waals surface area contributed by atoms with Crippen LogP contribution in [0.15, 0.2) is 0 Å². The number of nitrogens with two attached hydrogens (primary N) is 1. The summed E-state index contributed by atoms with van der Waals surface area (Å²) in [6.07, 6.45) is -0.234. The number of alkyl halides is 1. The molecule has 0 aromatic rings. The van der Waals surface area contributed by atoms with Gasteiger partial charge in [-0.15, -0.1) is 0 Å². The first kappa shape index (κ1) is 8.36. The molecule has 0 saturated carbocycles. The molecule has 1 unspecified atom stereocenters. The third-order valence-electron chi connectivity index (χ3n) is 1.10. The van der Waals surface area contributed by atoms with Gasteiger partial charge >= 0.3 is 0 Å². The Morgan fingerprint density at radius 3 is 2.44 bits per heavy atom. The van der Waals surface area contributed by atoms with Gasteiger partial charge < -0.3 is 10.8 Å². The zero-order valence-corrected chi connectivity index (χ0v) is 5.22. The van der Waals surface area contributed by atoms with Crippen LogP contribution in [0.5, 0.6) is 0 Å². The lowest BCUT2D eigenvalue weighted by Crippen LogP contribution is -2.37. The number of rotatable bonds is 3. The minimum absolute atomic E-state index is 0.234. The number of carbonyl (C=O) groups is 1. The van der Waals surface area contributed by atoms with Gasteiger partial charge in [-0.1, -0.05) is 0 Å². The normalized spacial score (nSPS) is 16.8. The highest BCUT2D eigenvalue weighted by molar-refractivity contribution is 5.82. The molecule has 9 heavy (non-hydrogen) atoms. The average molecular weight is 135 g/mol. The van der Waals surface area contributed by atoms with E-state index in [1.54, 1.807) is 0 Å². The molecule has 0 spiro atoms. The lowest BCUT2D eigenvalue weighted by Gasteiger charge is -2.12. The Kier molecular flexibility index (Phi) is 2.58.